The molecule has 7 heteroatoms. The quantitative estimate of drug-likeness (QED) is 0.590. The van der Waals surface area contributed by atoms with Crippen molar-refractivity contribution < 1.29 is 18.7 Å². The summed E-state index contributed by atoms with van der Waals surface area (Å²) in [4.78, 5) is 18.8. The summed E-state index contributed by atoms with van der Waals surface area (Å²) in [5, 5.41) is 12.7. The highest BCUT2D eigenvalue weighted by Crippen LogP contribution is 2.31. The van der Waals surface area contributed by atoms with E-state index in [1.165, 1.54) is 24.3 Å². The van der Waals surface area contributed by atoms with E-state index in [4.69, 9.17) is 0 Å². The van der Waals surface area contributed by atoms with Crippen LogP contribution in [-0.2, 0) is 5.41 Å². The molecule has 1 amide bonds. The number of alkyl halides is 2. The van der Waals surface area contributed by atoms with Gasteiger partial charge < -0.3 is 15.4 Å². The van der Waals surface area contributed by atoms with Gasteiger partial charge in [-0.25, -0.2) is 13.8 Å². The molecule has 3 aromatic rings. The molecule has 26 heavy (non-hydrogen) atoms. The lowest BCUT2D eigenvalue weighted by atomic mass is 9.87. The van der Waals surface area contributed by atoms with Crippen LogP contribution in [0.5, 0.6) is 5.75 Å². The van der Waals surface area contributed by atoms with Crippen LogP contribution in [0, 0.1) is 0 Å². The summed E-state index contributed by atoms with van der Waals surface area (Å²) in [5.41, 5.74) is 2.07. The Balaban J connectivity index is 1.89. The zero-order valence-electron chi connectivity index (χ0n) is 14.6. The smallest absolute Gasteiger partial charge is 0.295 e. The molecular weight excluding hydrogens is 340 g/mol. The number of benzene rings is 2. The SMILES string of the molecule is CC(C)(C)c1ccc(O)c(NC(=O)c2ccc3nc(C(F)F)[nH]c3c2)c1. The highest BCUT2D eigenvalue weighted by atomic mass is 19.3. The van der Waals surface area contributed by atoms with Gasteiger partial charge in [0.2, 0.25) is 0 Å². The van der Waals surface area contributed by atoms with Crippen molar-refractivity contribution in [1.29, 1.82) is 0 Å². The summed E-state index contributed by atoms with van der Waals surface area (Å²) >= 11 is 0. The standard InChI is InChI=1S/C19H19F2N3O2/c1-19(2,3)11-5-7-15(25)14(9-11)24-18(26)10-4-6-12-13(8-10)23-17(22-12)16(20)21/h4-9,16,25H,1-3H3,(H,22,23)(H,24,26). The summed E-state index contributed by atoms with van der Waals surface area (Å²) in [7, 11) is 0. The number of rotatable bonds is 3. The third-order valence-corrected chi connectivity index (χ3v) is 4.08. The molecule has 1 heterocycles. The summed E-state index contributed by atoms with van der Waals surface area (Å²) in [6.45, 7) is 6.08. The highest BCUT2D eigenvalue weighted by molar-refractivity contribution is 6.06. The number of imidazole rings is 1. The molecule has 136 valence electrons. The maximum atomic E-state index is 12.7. The Kier molecular flexibility index (Phi) is 4.39. The zero-order valence-corrected chi connectivity index (χ0v) is 14.6. The number of H-pyrrole nitrogens is 1. The average molecular weight is 359 g/mol. The molecule has 0 radical (unpaired) electrons. The molecule has 0 saturated carbocycles. The number of halogens is 2. The Morgan fingerprint density at radius 3 is 2.58 bits per heavy atom. The first kappa shape index (κ1) is 17.8. The van der Waals surface area contributed by atoms with Crippen molar-refractivity contribution in [3.8, 4) is 5.75 Å². The number of phenolic OH excluding ortho intramolecular Hbond substituents is 1. The number of hydrogen-bond donors (Lipinski definition) is 3. The number of hydrogen-bond acceptors (Lipinski definition) is 3. The third kappa shape index (κ3) is 3.51. The van der Waals surface area contributed by atoms with E-state index in [1.54, 1.807) is 12.1 Å². The monoisotopic (exact) mass is 359 g/mol. The fourth-order valence-corrected chi connectivity index (χ4v) is 2.57. The van der Waals surface area contributed by atoms with Crippen molar-refractivity contribution in [3.63, 3.8) is 0 Å². The zero-order chi connectivity index (χ0) is 19.1. The van der Waals surface area contributed by atoms with Gasteiger partial charge >= 0.3 is 0 Å². The topological polar surface area (TPSA) is 78.0 Å². The van der Waals surface area contributed by atoms with Crippen molar-refractivity contribution in [2.45, 2.75) is 32.6 Å². The van der Waals surface area contributed by atoms with Gasteiger partial charge in [-0.3, -0.25) is 4.79 Å². The highest BCUT2D eigenvalue weighted by Gasteiger charge is 2.18. The van der Waals surface area contributed by atoms with Gasteiger partial charge in [0.25, 0.3) is 12.3 Å². The molecule has 1 aromatic heterocycles. The summed E-state index contributed by atoms with van der Waals surface area (Å²) in [5.74, 6) is -0.941. The molecule has 0 aliphatic heterocycles. The van der Waals surface area contributed by atoms with Crippen LogP contribution in [0.3, 0.4) is 0 Å². The minimum atomic E-state index is -2.71. The first-order valence-corrected chi connectivity index (χ1v) is 8.08. The van der Waals surface area contributed by atoms with Crippen LogP contribution >= 0.6 is 0 Å². The normalized spacial score (nSPS) is 11.9. The number of aromatic nitrogens is 2. The largest absolute Gasteiger partial charge is 0.506 e. The second-order valence-electron chi connectivity index (χ2n) is 7.09. The molecule has 5 nitrogen and oxygen atoms in total. The van der Waals surface area contributed by atoms with Crippen LogP contribution in [0.15, 0.2) is 36.4 Å². The molecule has 3 N–H and O–H groups in total. The molecular formula is C19H19F2N3O2. The Labute approximate surface area is 149 Å². The van der Waals surface area contributed by atoms with Gasteiger partial charge in [0, 0.05) is 5.56 Å². The van der Waals surface area contributed by atoms with E-state index in [0.717, 1.165) is 5.56 Å². The molecule has 0 aliphatic carbocycles. The van der Waals surface area contributed by atoms with Crippen LogP contribution in [0.4, 0.5) is 14.5 Å². The molecule has 3 rings (SSSR count). The average Bonchev–Trinajstić information content (AvgIpc) is 2.99. The number of amides is 1. The van der Waals surface area contributed by atoms with Crippen molar-refractivity contribution in [2.24, 2.45) is 0 Å². The third-order valence-electron chi connectivity index (χ3n) is 4.08. The number of aromatic amines is 1. The fourth-order valence-electron chi connectivity index (χ4n) is 2.57. The van der Waals surface area contributed by atoms with E-state index < -0.39 is 18.2 Å². The number of nitrogens with one attached hydrogen (secondary N) is 2. The second-order valence-corrected chi connectivity index (χ2v) is 7.09. The van der Waals surface area contributed by atoms with E-state index in [9.17, 15) is 18.7 Å². The van der Waals surface area contributed by atoms with E-state index in [2.05, 4.69) is 15.3 Å². The first-order chi connectivity index (χ1) is 12.1. The van der Waals surface area contributed by atoms with Crippen LogP contribution in [0.1, 0.15) is 48.9 Å². The van der Waals surface area contributed by atoms with E-state index >= 15 is 0 Å². The number of anilines is 1. The maximum Gasteiger partial charge on any atom is 0.295 e. The Bertz CT molecular complexity index is 975. The minimum absolute atomic E-state index is 0.0473. The van der Waals surface area contributed by atoms with Gasteiger partial charge in [-0.05, 0) is 41.3 Å². The minimum Gasteiger partial charge on any atom is -0.506 e. The number of fused-ring (bicyclic) bond motifs is 1. The molecule has 2 aromatic carbocycles. The molecule has 0 bridgehead atoms. The van der Waals surface area contributed by atoms with Crippen LogP contribution in [0.2, 0.25) is 0 Å². The fraction of sp³-hybridized carbons (Fsp3) is 0.263. The van der Waals surface area contributed by atoms with Crippen molar-refractivity contribution in [3.05, 3.63) is 53.3 Å². The van der Waals surface area contributed by atoms with E-state index in [-0.39, 0.29) is 16.7 Å². The second kappa shape index (κ2) is 6.40. The summed E-state index contributed by atoms with van der Waals surface area (Å²) in [6.07, 6.45) is -2.71. The molecule has 0 spiro atoms. The van der Waals surface area contributed by atoms with Gasteiger partial charge in [-0.15, -0.1) is 0 Å². The van der Waals surface area contributed by atoms with Crippen molar-refractivity contribution in [2.75, 3.05) is 5.32 Å². The van der Waals surface area contributed by atoms with E-state index in [0.29, 0.717) is 16.7 Å². The van der Waals surface area contributed by atoms with Gasteiger partial charge in [-0.1, -0.05) is 26.8 Å². The Hall–Kier alpha value is -2.96. The Morgan fingerprint density at radius 2 is 1.92 bits per heavy atom. The molecule has 0 fully saturated rings. The first-order valence-electron chi connectivity index (χ1n) is 8.08. The predicted molar refractivity (Wildman–Crippen MR) is 95.8 cm³/mol. The number of aromatic hydroxyl groups is 1. The van der Waals surface area contributed by atoms with E-state index in [1.807, 2.05) is 20.8 Å². The van der Waals surface area contributed by atoms with Gasteiger partial charge in [-0.2, -0.15) is 0 Å². The summed E-state index contributed by atoms with van der Waals surface area (Å²) in [6, 6.07) is 9.50. The molecule has 0 saturated heterocycles. The maximum absolute atomic E-state index is 12.7. The van der Waals surface area contributed by atoms with Crippen LogP contribution < -0.4 is 5.32 Å². The lowest BCUT2D eigenvalue weighted by Gasteiger charge is -2.20. The number of phenols is 1. The molecule has 0 atom stereocenters. The van der Waals surface area contributed by atoms with Gasteiger partial charge in [0.15, 0.2) is 5.82 Å². The summed E-state index contributed by atoms with van der Waals surface area (Å²) < 4.78 is 25.5. The van der Waals surface area contributed by atoms with Crippen LogP contribution in [0.25, 0.3) is 11.0 Å². The molecule has 0 unspecified atom stereocenters. The number of carbonyl (C=O) groups excluding carboxylic acids is 1. The molecule has 0 aliphatic rings. The number of carbonyl (C=O) groups is 1. The Morgan fingerprint density at radius 1 is 1.19 bits per heavy atom. The number of nitrogens with zero attached hydrogens (tertiary/aromatic N) is 1. The van der Waals surface area contributed by atoms with Crippen molar-refractivity contribution >= 4 is 22.6 Å². The predicted octanol–water partition coefficient (Wildman–Crippen LogP) is 4.76. The van der Waals surface area contributed by atoms with Gasteiger partial charge in [0.1, 0.15) is 5.75 Å². The lowest BCUT2D eigenvalue weighted by molar-refractivity contribution is 0.102. The lowest BCUT2D eigenvalue weighted by Crippen LogP contribution is -2.15. The van der Waals surface area contributed by atoms with Gasteiger partial charge in [0.05, 0.1) is 16.7 Å². The van der Waals surface area contributed by atoms with Crippen molar-refractivity contribution in [1.82, 2.24) is 9.97 Å². The van der Waals surface area contributed by atoms with Crippen LogP contribution in [-0.4, -0.2) is 21.0 Å².